The van der Waals surface area contributed by atoms with Gasteiger partial charge in [-0.15, -0.1) is 0 Å². The van der Waals surface area contributed by atoms with E-state index < -0.39 is 17.6 Å². The van der Waals surface area contributed by atoms with Crippen LogP contribution < -0.4 is 11.1 Å². The number of rotatable bonds is 3. The molecule has 0 atom stereocenters. The molecule has 0 fully saturated rings. The third-order valence-corrected chi connectivity index (χ3v) is 3.68. The number of benzene rings is 2. The zero-order valence-corrected chi connectivity index (χ0v) is 12.8. The highest BCUT2D eigenvalue weighted by Gasteiger charge is 2.16. The molecular weight excluding hydrogens is 388 g/mol. The molecule has 4 N–H and O–H groups in total. The van der Waals surface area contributed by atoms with Crippen LogP contribution in [-0.2, 0) is 0 Å². The third kappa shape index (κ3) is 3.30. The molecule has 0 aliphatic carbocycles. The first kappa shape index (κ1) is 15.2. The summed E-state index contributed by atoms with van der Waals surface area (Å²) in [6.07, 6.45) is 0. The average Bonchev–Trinajstić information content (AvgIpc) is 2.47. The summed E-state index contributed by atoms with van der Waals surface area (Å²) in [5, 5.41) is 14.1. The van der Waals surface area contributed by atoms with Crippen molar-refractivity contribution in [2.75, 3.05) is 5.32 Å². The zero-order chi connectivity index (χ0) is 15.4. The lowest BCUT2D eigenvalue weighted by atomic mass is 10.1. The number of hydrogen-bond donors (Lipinski definition) is 3. The minimum absolute atomic E-state index is 0.134. The van der Waals surface area contributed by atoms with Gasteiger partial charge >= 0.3 is 0 Å². The van der Waals surface area contributed by atoms with Gasteiger partial charge in [-0.25, -0.2) is 4.39 Å². The molecule has 0 bridgehead atoms. The second kappa shape index (κ2) is 6.53. The lowest BCUT2D eigenvalue weighted by molar-refractivity contribution is 0.102. The Balaban J connectivity index is 2.39. The maximum atomic E-state index is 13.8. The van der Waals surface area contributed by atoms with Gasteiger partial charge < -0.3 is 16.3 Å². The van der Waals surface area contributed by atoms with E-state index >= 15 is 0 Å². The van der Waals surface area contributed by atoms with Crippen molar-refractivity contribution in [3.05, 3.63) is 63.0 Å². The van der Waals surface area contributed by atoms with Gasteiger partial charge in [-0.3, -0.25) is 4.79 Å². The van der Waals surface area contributed by atoms with E-state index in [9.17, 15) is 9.18 Å². The van der Waals surface area contributed by atoms with Crippen molar-refractivity contribution < 1.29 is 14.4 Å². The van der Waals surface area contributed by atoms with Crippen LogP contribution in [0.4, 0.5) is 10.1 Å². The van der Waals surface area contributed by atoms with Crippen molar-refractivity contribution in [1.82, 2.24) is 0 Å². The molecular formula is C14H11FIN3O2. The number of nitrogens with zero attached hydrogens (tertiary/aromatic N) is 1. The van der Waals surface area contributed by atoms with Crippen molar-refractivity contribution in [2.24, 2.45) is 10.9 Å². The molecule has 0 aromatic heterocycles. The van der Waals surface area contributed by atoms with Gasteiger partial charge in [0.1, 0.15) is 5.82 Å². The van der Waals surface area contributed by atoms with Gasteiger partial charge in [-0.2, -0.15) is 0 Å². The minimum atomic E-state index is -0.689. The number of halogens is 2. The number of nitrogens with two attached hydrogens (primary N) is 1. The van der Waals surface area contributed by atoms with Gasteiger partial charge in [0.15, 0.2) is 5.84 Å². The predicted molar refractivity (Wildman–Crippen MR) is 86.0 cm³/mol. The number of anilines is 1. The average molecular weight is 399 g/mol. The van der Waals surface area contributed by atoms with Gasteiger partial charge in [0.2, 0.25) is 0 Å². The Bertz CT molecular complexity index is 719. The van der Waals surface area contributed by atoms with E-state index in [0.717, 1.165) is 9.64 Å². The summed E-state index contributed by atoms with van der Waals surface area (Å²) in [6, 6.07) is 11.0. The first-order valence-electron chi connectivity index (χ1n) is 5.87. The van der Waals surface area contributed by atoms with E-state index in [1.807, 2.05) is 28.7 Å². The molecule has 2 rings (SSSR count). The standard InChI is InChI=1S/C14H11FIN3O2/c15-9-5-3-7-11(12(9)13(17)19-21)18-14(20)8-4-1-2-6-10(8)16/h1-7,21H,(H2,17,19)(H,18,20). The van der Waals surface area contributed by atoms with E-state index in [0.29, 0.717) is 5.56 Å². The largest absolute Gasteiger partial charge is 0.409 e. The number of amides is 1. The summed E-state index contributed by atoms with van der Waals surface area (Å²) in [6.45, 7) is 0. The van der Waals surface area contributed by atoms with Gasteiger partial charge in [0.25, 0.3) is 5.91 Å². The van der Waals surface area contributed by atoms with Crippen LogP contribution in [0.25, 0.3) is 0 Å². The highest BCUT2D eigenvalue weighted by Crippen LogP contribution is 2.21. The number of hydrogen-bond acceptors (Lipinski definition) is 3. The second-order valence-electron chi connectivity index (χ2n) is 4.08. The topological polar surface area (TPSA) is 87.7 Å². The normalized spacial score (nSPS) is 11.2. The molecule has 0 aliphatic rings. The van der Waals surface area contributed by atoms with Crippen LogP contribution in [0.15, 0.2) is 47.6 Å². The number of oxime groups is 1. The molecule has 0 heterocycles. The Morgan fingerprint density at radius 1 is 1.24 bits per heavy atom. The predicted octanol–water partition coefficient (Wildman–Crippen LogP) is 2.78. The fraction of sp³-hybridized carbons (Fsp3) is 0. The van der Waals surface area contributed by atoms with Crippen molar-refractivity contribution in [3.63, 3.8) is 0 Å². The maximum Gasteiger partial charge on any atom is 0.256 e. The molecule has 5 nitrogen and oxygen atoms in total. The Morgan fingerprint density at radius 2 is 1.95 bits per heavy atom. The third-order valence-electron chi connectivity index (χ3n) is 2.74. The van der Waals surface area contributed by atoms with Gasteiger partial charge in [0, 0.05) is 3.57 Å². The molecule has 7 heteroatoms. The van der Waals surface area contributed by atoms with Crippen molar-refractivity contribution >= 4 is 40.0 Å². The second-order valence-corrected chi connectivity index (χ2v) is 5.24. The van der Waals surface area contributed by atoms with E-state index in [-0.39, 0.29) is 11.3 Å². The number of carbonyl (C=O) groups excluding carboxylic acids is 1. The van der Waals surface area contributed by atoms with Crippen LogP contribution in [0.2, 0.25) is 0 Å². The fourth-order valence-corrected chi connectivity index (χ4v) is 2.41. The summed E-state index contributed by atoms with van der Waals surface area (Å²) >= 11 is 2.03. The van der Waals surface area contributed by atoms with Crippen molar-refractivity contribution in [1.29, 1.82) is 0 Å². The molecule has 0 radical (unpaired) electrons. The summed E-state index contributed by atoms with van der Waals surface area (Å²) < 4.78 is 14.6. The fourth-order valence-electron chi connectivity index (χ4n) is 1.77. The molecule has 2 aromatic rings. The van der Waals surface area contributed by atoms with Crippen LogP contribution in [0.3, 0.4) is 0 Å². The van der Waals surface area contributed by atoms with Gasteiger partial charge in [-0.1, -0.05) is 23.4 Å². The first-order chi connectivity index (χ1) is 10.0. The molecule has 0 aliphatic heterocycles. The van der Waals surface area contributed by atoms with Crippen LogP contribution in [0.1, 0.15) is 15.9 Å². The summed E-state index contributed by atoms with van der Waals surface area (Å²) in [5.74, 6) is -1.50. The molecule has 2 aromatic carbocycles. The smallest absolute Gasteiger partial charge is 0.256 e. The Kier molecular flexibility index (Phi) is 4.73. The van der Waals surface area contributed by atoms with Crippen molar-refractivity contribution in [2.45, 2.75) is 0 Å². The van der Waals surface area contributed by atoms with E-state index in [1.54, 1.807) is 18.2 Å². The lowest BCUT2D eigenvalue weighted by Gasteiger charge is -2.11. The van der Waals surface area contributed by atoms with Crippen molar-refractivity contribution in [3.8, 4) is 0 Å². The monoisotopic (exact) mass is 399 g/mol. The number of amidine groups is 1. The zero-order valence-electron chi connectivity index (χ0n) is 10.7. The van der Waals surface area contributed by atoms with Crippen LogP contribution in [0.5, 0.6) is 0 Å². The van der Waals surface area contributed by atoms with Crippen LogP contribution >= 0.6 is 22.6 Å². The lowest BCUT2D eigenvalue weighted by Crippen LogP contribution is -2.21. The van der Waals surface area contributed by atoms with Crippen LogP contribution in [-0.4, -0.2) is 17.0 Å². The molecule has 0 spiro atoms. The van der Waals surface area contributed by atoms with E-state index in [1.165, 1.54) is 12.1 Å². The molecule has 1 amide bonds. The number of nitrogens with one attached hydrogen (secondary N) is 1. The first-order valence-corrected chi connectivity index (χ1v) is 6.94. The number of carbonyl (C=O) groups is 1. The molecule has 108 valence electrons. The molecule has 0 saturated carbocycles. The summed E-state index contributed by atoms with van der Waals surface area (Å²) in [5.41, 5.74) is 5.88. The maximum absolute atomic E-state index is 13.8. The summed E-state index contributed by atoms with van der Waals surface area (Å²) in [7, 11) is 0. The Labute approximate surface area is 133 Å². The highest BCUT2D eigenvalue weighted by atomic mass is 127. The van der Waals surface area contributed by atoms with Gasteiger partial charge in [-0.05, 0) is 46.9 Å². The molecule has 0 saturated heterocycles. The Morgan fingerprint density at radius 3 is 2.62 bits per heavy atom. The summed E-state index contributed by atoms with van der Waals surface area (Å²) in [4.78, 5) is 12.2. The van der Waals surface area contributed by atoms with E-state index in [4.69, 9.17) is 10.9 Å². The van der Waals surface area contributed by atoms with E-state index in [2.05, 4.69) is 10.5 Å². The van der Waals surface area contributed by atoms with Crippen LogP contribution in [0, 0.1) is 9.39 Å². The molecule has 0 unspecified atom stereocenters. The highest BCUT2D eigenvalue weighted by molar-refractivity contribution is 14.1. The Hall–Kier alpha value is -2.16. The minimum Gasteiger partial charge on any atom is -0.409 e. The van der Waals surface area contributed by atoms with Gasteiger partial charge in [0.05, 0.1) is 16.8 Å². The SMILES string of the molecule is N/C(=N/O)c1c(F)cccc1NC(=O)c1ccccc1I. The molecule has 21 heavy (non-hydrogen) atoms. The quantitative estimate of drug-likeness (QED) is 0.244.